The first kappa shape index (κ1) is 20.5. The fraction of sp³-hybridized carbons (Fsp3) is 0.318. The van der Waals surface area contributed by atoms with Crippen LogP contribution in [-0.4, -0.2) is 65.9 Å². The lowest BCUT2D eigenvalue weighted by molar-refractivity contribution is -0.139. The molecule has 7 heteroatoms. The van der Waals surface area contributed by atoms with Crippen molar-refractivity contribution in [1.82, 2.24) is 14.8 Å². The van der Waals surface area contributed by atoms with Crippen molar-refractivity contribution in [2.24, 2.45) is 0 Å². The van der Waals surface area contributed by atoms with Crippen molar-refractivity contribution in [2.45, 2.75) is 12.5 Å². The minimum atomic E-state index is -0.683. The lowest BCUT2D eigenvalue weighted by atomic mass is 9.95. The van der Waals surface area contributed by atoms with Crippen molar-refractivity contribution in [2.75, 3.05) is 34.3 Å². The first-order chi connectivity index (χ1) is 13.9. The molecule has 0 bridgehead atoms. The summed E-state index contributed by atoms with van der Waals surface area (Å²) in [4.78, 5) is 33.2. The number of methoxy groups -OCH3 is 1. The van der Waals surface area contributed by atoms with Gasteiger partial charge in [0, 0.05) is 24.5 Å². The van der Waals surface area contributed by atoms with Crippen molar-refractivity contribution in [3.8, 4) is 5.75 Å². The largest absolute Gasteiger partial charge is 0.507 e. The van der Waals surface area contributed by atoms with E-state index in [0.717, 1.165) is 6.54 Å². The lowest BCUT2D eigenvalue weighted by Crippen LogP contribution is -2.32. The summed E-state index contributed by atoms with van der Waals surface area (Å²) in [5, 5.41) is 10.9. The average molecular weight is 395 g/mol. The molecule has 7 nitrogen and oxygen atoms in total. The van der Waals surface area contributed by atoms with Gasteiger partial charge in [-0.15, -0.1) is 0 Å². The van der Waals surface area contributed by atoms with Crippen molar-refractivity contribution >= 4 is 17.4 Å². The minimum Gasteiger partial charge on any atom is -0.507 e. The Balaban J connectivity index is 2.09. The van der Waals surface area contributed by atoms with E-state index in [1.165, 1.54) is 17.3 Å². The number of hydrogen-bond acceptors (Lipinski definition) is 6. The topological polar surface area (TPSA) is 83.0 Å². The zero-order chi connectivity index (χ0) is 21.0. The number of carbonyl (C=O) groups is 2. The first-order valence-corrected chi connectivity index (χ1v) is 9.41. The van der Waals surface area contributed by atoms with Crippen LogP contribution in [0.15, 0.2) is 54.4 Å². The molecule has 0 aliphatic carbocycles. The summed E-state index contributed by atoms with van der Waals surface area (Å²) in [5.41, 5.74) is 1.24. The summed E-state index contributed by atoms with van der Waals surface area (Å²) in [6, 6.07) is 9.76. The van der Waals surface area contributed by atoms with Crippen LogP contribution in [0, 0.1) is 0 Å². The molecule has 3 rings (SSSR count). The second-order valence-electron chi connectivity index (χ2n) is 7.16. The van der Waals surface area contributed by atoms with Gasteiger partial charge in [-0.2, -0.15) is 0 Å². The quantitative estimate of drug-likeness (QED) is 0.441. The number of hydrogen-bond donors (Lipinski definition) is 1. The van der Waals surface area contributed by atoms with Crippen LogP contribution < -0.4 is 4.74 Å². The Morgan fingerprint density at radius 3 is 2.59 bits per heavy atom. The van der Waals surface area contributed by atoms with E-state index in [1.54, 1.807) is 37.4 Å². The fourth-order valence-corrected chi connectivity index (χ4v) is 3.49. The highest BCUT2D eigenvalue weighted by atomic mass is 16.5. The van der Waals surface area contributed by atoms with Gasteiger partial charge in [0.15, 0.2) is 0 Å². The van der Waals surface area contributed by atoms with Crippen LogP contribution in [0.2, 0.25) is 0 Å². The molecule has 2 aromatic rings. The number of aromatic nitrogens is 1. The molecule has 0 unspecified atom stereocenters. The molecular weight excluding hydrogens is 370 g/mol. The van der Waals surface area contributed by atoms with Crippen LogP contribution in [0.4, 0.5) is 0 Å². The van der Waals surface area contributed by atoms with Gasteiger partial charge in [-0.05, 0) is 56.9 Å². The summed E-state index contributed by atoms with van der Waals surface area (Å²) in [6.45, 7) is 1.18. The van der Waals surface area contributed by atoms with Crippen LogP contribution in [0.1, 0.15) is 23.6 Å². The van der Waals surface area contributed by atoms with Gasteiger partial charge in [-0.1, -0.05) is 12.1 Å². The van der Waals surface area contributed by atoms with E-state index in [4.69, 9.17) is 4.74 Å². The van der Waals surface area contributed by atoms with Gasteiger partial charge >= 0.3 is 0 Å². The van der Waals surface area contributed by atoms with E-state index < -0.39 is 17.7 Å². The summed E-state index contributed by atoms with van der Waals surface area (Å²) in [7, 11) is 5.47. The molecule has 1 N–H and O–H groups in total. The van der Waals surface area contributed by atoms with Crippen LogP contribution in [0.5, 0.6) is 5.75 Å². The number of aliphatic hydroxyl groups is 1. The number of ketones is 1. The number of rotatable bonds is 7. The number of nitrogens with zero attached hydrogens (tertiary/aromatic N) is 3. The molecule has 0 radical (unpaired) electrons. The number of pyridine rings is 1. The smallest absolute Gasteiger partial charge is 0.295 e. The molecule has 152 valence electrons. The van der Waals surface area contributed by atoms with E-state index in [1.807, 2.05) is 25.1 Å². The number of amides is 1. The predicted molar refractivity (Wildman–Crippen MR) is 109 cm³/mol. The van der Waals surface area contributed by atoms with E-state index in [2.05, 4.69) is 4.98 Å². The number of Topliss-reactive ketones (excluding diaryl/α,β-unsaturated/α-hetero) is 1. The SMILES string of the molecule is COc1cccc([C@@H]2C(=C(O)c3ccncc3)C(=O)C(=O)N2CCCN(C)C)c1. The highest BCUT2D eigenvalue weighted by Crippen LogP contribution is 2.40. The van der Waals surface area contributed by atoms with Crippen molar-refractivity contribution in [3.05, 3.63) is 65.5 Å². The number of carbonyl (C=O) groups excluding carboxylic acids is 2. The molecule has 1 aromatic carbocycles. The van der Waals surface area contributed by atoms with Crippen molar-refractivity contribution in [3.63, 3.8) is 0 Å². The molecule has 1 fully saturated rings. The maximum absolute atomic E-state index is 12.9. The molecule has 1 amide bonds. The second kappa shape index (κ2) is 8.87. The molecule has 1 aliphatic rings. The summed E-state index contributed by atoms with van der Waals surface area (Å²) in [5.74, 6) is -0.872. The predicted octanol–water partition coefficient (Wildman–Crippen LogP) is 2.46. The molecule has 0 spiro atoms. The van der Waals surface area contributed by atoms with Gasteiger partial charge in [-0.3, -0.25) is 14.6 Å². The zero-order valence-corrected chi connectivity index (χ0v) is 16.8. The molecule has 29 heavy (non-hydrogen) atoms. The van der Waals surface area contributed by atoms with Gasteiger partial charge < -0.3 is 19.6 Å². The van der Waals surface area contributed by atoms with E-state index in [-0.39, 0.29) is 11.3 Å². The number of benzene rings is 1. The lowest BCUT2D eigenvalue weighted by Gasteiger charge is -2.26. The highest BCUT2D eigenvalue weighted by Gasteiger charge is 2.45. The Bertz CT molecular complexity index is 925. The van der Waals surface area contributed by atoms with Crippen LogP contribution in [0.25, 0.3) is 5.76 Å². The third-order valence-corrected chi connectivity index (χ3v) is 4.91. The number of ether oxygens (including phenoxy) is 1. The maximum Gasteiger partial charge on any atom is 0.295 e. The first-order valence-electron chi connectivity index (χ1n) is 9.41. The molecule has 1 saturated heterocycles. The van der Waals surface area contributed by atoms with Gasteiger partial charge in [0.2, 0.25) is 0 Å². The molecule has 1 aromatic heterocycles. The summed E-state index contributed by atoms with van der Waals surface area (Å²) < 4.78 is 5.31. The molecule has 2 heterocycles. The highest BCUT2D eigenvalue weighted by molar-refractivity contribution is 6.46. The molecule has 1 atom stereocenters. The van der Waals surface area contributed by atoms with Crippen molar-refractivity contribution in [1.29, 1.82) is 0 Å². The fourth-order valence-electron chi connectivity index (χ4n) is 3.49. The van der Waals surface area contributed by atoms with Gasteiger partial charge in [0.25, 0.3) is 11.7 Å². The Hall–Kier alpha value is -3.19. The van der Waals surface area contributed by atoms with Crippen LogP contribution >= 0.6 is 0 Å². The van der Waals surface area contributed by atoms with Crippen molar-refractivity contribution < 1.29 is 19.4 Å². The third-order valence-electron chi connectivity index (χ3n) is 4.91. The molecular formula is C22H25N3O4. The monoisotopic (exact) mass is 395 g/mol. The standard InChI is InChI=1S/C22H25N3O4/c1-24(2)12-5-13-25-19(16-6-4-7-17(14-16)29-3)18(21(27)22(25)28)20(26)15-8-10-23-11-9-15/h4,6-11,14,19,26H,5,12-13H2,1-3H3/t19-/m1/s1. The molecule has 1 aliphatic heterocycles. The Morgan fingerprint density at radius 2 is 1.93 bits per heavy atom. The third kappa shape index (κ3) is 4.30. The maximum atomic E-state index is 12.9. The average Bonchev–Trinajstić information content (AvgIpc) is 2.98. The number of likely N-dealkylation sites (tertiary alicyclic amines) is 1. The summed E-state index contributed by atoms with van der Waals surface area (Å²) >= 11 is 0. The summed E-state index contributed by atoms with van der Waals surface area (Å²) in [6.07, 6.45) is 3.77. The Kier molecular flexibility index (Phi) is 6.29. The van der Waals surface area contributed by atoms with E-state index >= 15 is 0 Å². The zero-order valence-electron chi connectivity index (χ0n) is 16.8. The van der Waals surface area contributed by atoms with Gasteiger partial charge in [-0.25, -0.2) is 0 Å². The number of aliphatic hydroxyl groups excluding tert-OH is 1. The van der Waals surface area contributed by atoms with E-state index in [9.17, 15) is 14.7 Å². The second-order valence-corrected chi connectivity index (χ2v) is 7.16. The van der Waals surface area contributed by atoms with Crippen LogP contribution in [-0.2, 0) is 9.59 Å². The Morgan fingerprint density at radius 1 is 1.21 bits per heavy atom. The van der Waals surface area contributed by atoms with Crippen LogP contribution in [0.3, 0.4) is 0 Å². The molecule has 0 saturated carbocycles. The van der Waals surface area contributed by atoms with Gasteiger partial charge in [0.05, 0.1) is 18.7 Å². The van der Waals surface area contributed by atoms with E-state index in [0.29, 0.717) is 29.8 Å². The van der Waals surface area contributed by atoms with Gasteiger partial charge in [0.1, 0.15) is 11.5 Å². The normalized spacial score (nSPS) is 18.5. The Labute approximate surface area is 170 Å². The minimum absolute atomic E-state index is 0.0827.